The van der Waals surface area contributed by atoms with Gasteiger partial charge in [0.15, 0.2) is 0 Å². The molecule has 0 unspecified atom stereocenters. The van der Waals surface area contributed by atoms with Gasteiger partial charge in [-0.3, -0.25) is 10.1 Å². The summed E-state index contributed by atoms with van der Waals surface area (Å²) in [5.41, 5.74) is 0.733. The van der Waals surface area contributed by atoms with E-state index in [1.165, 1.54) is 23.9 Å². The molecule has 1 heterocycles. The standard InChI is InChI=1S/C11H8N2O4S2/c14-11(15)10-12-7(6-19-10)5-18-9-3-1-8(2-4-9)13(16)17/h1-4,6H,5H2,(H,14,15). The first-order valence-electron chi connectivity index (χ1n) is 5.11. The third kappa shape index (κ3) is 3.52. The molecule has 98 valence electrons. The lowest BCUT2D eigenvalue weighted by Gasteiger charge is -1.98. The molecule has 0 spiro atoms. The minimum Gasteiger partial charge on any atom is -0.476 e. The van der Waals surface area contributed by atoms with Gasteiger partial charge in [0.05, 0.1) is 10.6 Å². The van der Waals surface area contributed by atoms with Gasteiger partial charge in [0.2, 0.25) is 5.01 Å². The number of carbonyl (C=O) groups is 1. The quantitative estimate of drug-likeness (QED) is 0.518. The minimum absolute atomic E-state index is 0.0474. The molecule has 0 saturated heterocycles. The highest BCUT2D eigenvalue weighted by Gasteiger charge is 2.09. The molecule has 0 bridgehead atoms. The molecule has 2 aromatic rings. The Morgan fingerprint density at radius 2 is 2.11 bits per heavy atom. The van der Waals surface area contributed by atoms with E-state index >= 15 is 0 Å². The van der Waals surface area contributed by atoms with Crippen LogP contribution in [0.4, 0.5) is 5.69 Å². The summed E-state index contributed by atoms with van der Waals surface area (Å²) in [5.74, 6) is -0.502. The highest BCUT2D eigenvalue weighted by Crippen LogP contribution is 2.25. The van der Waals surface area contributed by atoms with Crippen LogP contribution in [0.15, 0.2) is 34.5 Å². The van der Waals surface area contributed by atoms with Crippen molar-refractivity contribution in [2.45, 2.75) is 10.6 Å². The maximum atomic E-state index is 10.7. The van der Waals surface area contributed by atoms with Crippen molar-refractivity contribution in [1.29, 1.82) is 0 Å². The number of nitrogens with zero attached hydrogens (tertiary/aromatic N) is 2. The van der Waals surface area contributed by atoms with Crippen LogP contribution in [0.5, 0.6) is 0 Å². The second-order valence-corrected chi connectivity index (χ2v) is 5.40. The van der Waals surface area contributed by atoms with Crippen LogP contribution >= 0.6 is 23.1 Å². The molecule has 0 fully saturated rings. The van der Waals surface area contributed by atoms with Crippen molar-refractivity contribution in [2.24, 2.45) is 0 Å². The molecule has 0 aliphatic heterocycles. The molecule has 0 radical (unpaired) electrons. The van der Waals surface area contributed by atoms with E-state index in [-0.39, 0.29) is 10.7 Å². The number of non-ortho nitro benzene ring substituents is 1. The Labute approximate surface area is 116 Å². The van der Waals surface area contributed by atoms with E-state index in [0.717, 1.165) is 16.2 Å². The van der Waals surface area contributed by atoms with Gasteiger partial charge in [0, 0.05) is 28.2 Å². The van der Waals surface area contributed by atoms with Crippen molar-refractivity contribution >= 4 is 34.8 Å². The van der Waals surface area contributed by atoms with Gasteiger partial charge in [-0.15, -0.1) is 23.1 Å². The Hall–Kier alpha value is -1.93. The van der Waals surface area contributed by atoms with E-state index in [9.17, 15) is 14.9 Å². The van der Waals surface area contributed by atoms with Crippen LogP contribution in [0, 0.1) is 10.1 Å². The Bertz CT molecular complexity index is 609. The maximum Gasteiger partial charge on any atom is 0.365 e. The number of rotatable bonds is 5. The number of carboxylic acids is 1. The van der Waals surface area contributed by atoms with Crippen LogP contribution in [0.3, 0.4) is 0 Å². The predicted octanol–water partition coefficient (Wildman–Crippen LogP) is 3.04. The SMILES string of the molecule is O=C(O)c1nc(CSc2ccc([N+](=O)[O-])cc2)cs1. The topological polar surface area (TPSA) is 93.3 Å². The monoisotopic (exact) mass is 296 g/mol. The zero-order chi connectivity index (χ0) is 13.8. The molecule has 1 aromatic heterocycles. The Balaban J connectivity index is 1.97. The zero-order valence-electron chi connectivity index (χ0n) is 9.48. The molecular weight excluding hydrogens is 288 g/mol. The Morgan fingerprint density at radius 1 is 1.42 bits per heavy atom. The maximum absolute atomic E-state index is 10.7. The molecule has 0 aliphatic carbocycles. The van der Waals surface area contributed by atoms with Gasteiger partial charge in [-0.2, -0.15) is 0 Å². The second-order valence-electron chi connectivity index (χ2n) is 3.49. The van der Waals surface area contributed by atoms with Crippen molar-refractivity contribution in [3.63, 3.8) is 0 Å². The summed E-state index contributed by atoms with van der Waals surface area (Å²) < 4.78 is 0. The van der Waals surface area contributed by atoms with E-state index < -0.39 is 10.9 Å². The number of thiazole rings is 1. The predicted molar refractivity (Wildman–Crippen MR) is 71.7 cm³/mol. The molecule has 0 aliphatic rings. The summed E-state index contributed by atoms with van der Waals surface area (Å²) in [6.45, 7) is 0. The molecule has 6 nitrogen and oxygen atoms in total. The van der Waals surface area contributed by atoms with Crippen LogP contribution in [-0.4, -0.2) is 21.0 Å². The van der Waals surface area contributed by atoms with E-state index in [2.05, 4.69) is 4.98 Å². The number of nitro benzene ring substituents is 1. The van der Waals surface area contributed by atoms with Crippen molar-refractivity contribution in [2.75, 3.05) is 0 Å². The second kappa shape index (κ2) is 5.81. The Kier molecular flexibility index (Phi) is 4.13. The molecule has 8 heteroatoms. The number of thioether (sulfide) groups is 1. The van der Waals surface area contributed by atoms with Crippen LogP contribution in [0.25, 0.3) is 0 Å². The lowest BCUT2D eigenvalue weighted by atomic mass is 10.3. The average Bonchev–Trinajstić information content (AvgIpc) is 2.86. The third-order valence-corrected chi connectivity index (χ3v) is 4.09. The number of carboxylic acid groups (broad SMARTS) is 1. The fraction of sp³-hybridized carbons (Fsp3) is 0.0909. The molecule has 1 aromatic carbocycles. The highest BCUT2D eigenvalue weighted by molar-refractivity contribution is 7.98. The third-order valence-electron chi connectivity index (χ3n) is 2.17. The zero-order valence-corrected chi connectivity index (χ0v) is 11.1. The highest BCUT2D eigenvalue weighted by atomic mass is 32.2. The fourth-order valence-electron chi connectivity index (χ4n) is 1.29. The van der Waals surface area contributed by atoms with Crippen LogP contribution < -0.4 is 0 Å². The largest absolute Gasteiger partial charge is 0.476 e. The molecule has 1 N–H and O–H groups in total. The molecule has 0 amide bonds. The Morgan fingerprint density at radius 3 is 2.63 bits per heavy atom. The van der Waals surface area contributed by atoms with Crippen LogP contribution in [-0.2, 0) is 5.75 Å². The van der Waals surface area contributed by atoms with E-state index in [1.807, 2.05) is 0 Å². The first-order chi connectivity index (χ1) is 9.06. The van der Waals surface area contributed by atoms with E-state index in [1.54, 1.807) is 17.5 Å². The summed E-state index contributed by atoms with van der Waals surface area (Å²) in [6, 6.07) is 6.19. The molecule has 0 saturated carbocycles. The molecular formula is C11H8N2O4S2. The van der Waals surface area contributed by atoms with Gasteiger partial charge >= 0.3 is 5.97 Å². The van der Waals surface area contributed by atoms with Crippen molar-refractivity contribution in [3.05, 3.63) is 50.5 Å². The number of aromatic nitrogens is 1. The lowest BCUT2D eigenvalue weighted by molar-refractivity contribution is -0.384. The van der Waals surface area contributed by atoms with Gasteiger partial charge < -0.3 is 5.11 Å². The van der Waals surface area contributed by atoms with Crippen molar-refractivity contribution < 1.29 is 14.8 Å². The van der Waals surface area contributed by atoms with Gasteiger partial charge in [0.25, 0.3) is 5.69 Å². The minimum atomic E-state index is -1.03. The van der Waals surface area contributed by atoms with Gasteiger partial charge in [-0.25, -0.2) is 9.78 Å². The fourth-order valence-corrected chi connectivity index (χ4v) is 2.84. The lowest BCUT2D eigenvalue weighted by Crippen LogP contribution is -1.94. The summed E-state index contributed by atoms with van der Waals surface area (Å²) >= 11 is 2.53. The van der Waals surface area contributed by atoms with E-state index in [0.29, 0.717) is 11.4 Å². The number of hydrogen-bond donors (Lipinski definition) is 1. The normalized spacial score (nSPS) is 10.3. The van der Waals surface area contributed by atoms with Crippen LogP contribution in [0.2, 0.25) is 0 Å². The summed E-state index contributed by atoms with van der Waals surface area (Å²) in [4.78, 5) is 25.5. The summed E-state index contributed by atoms with van der Waals surface area (Å²) in [5, 5.41) is 21.0. The molecule has 0 atom stereocenters. The first kappa shape index (κ1) is 13.5. The average molecular weight is 296 g/mol. The summed E-state index contributed by atoms with van der Waals surface area (Å²) in [6.07, 6.45) is 0. The van der Waals surface area contributed by atoms with Crippen molar-refractivity contribution in [1.82, 2.24) is 4.98 Å². The van der Waals surface area contributed by atoms with E-state index in [4.69, 9.17) is 5.11 Å². The number of aromatic carboxylic acids is 1. The summed E-state index contributed by atoms with van der Waals surface area (Å²) in [7, 11) is 0. The van der Waals surface area contributed by atoms with Gasteiger partial charge in [0.1, 0.15) is 0 Å². The van der Waals surface area contributed by atoms with Gasteiger partial charge in [-0.05, 0) is 12.1 Å². The number of benzene rings is 1. The molecule has 19 heavy (non-hydrogen) atoms. The number of nitro groups is 1. The smallest absolute Gasteiger partial charge is 0.365 e. The van der Waals surface area contributed by atoms with Crippen LogP contribution in [0.1, 0.15) is 15.5 Å². The first-order valence-corrected chi connectivity index (χ1v) is 6.98. The molecule has 2 rings (SSSR count). The number of hydrogen-bond acceptors (Lipinski definition) is 6. The van der Waals surface area contributed by atoms with Gasteiger partial charge in [-0.1, -0.05) is 0 Å². The van der Waals surface area contributed by atoms with Crippen molar-refractivity contribution in [3.8, 4) is 0 Å².